The second kappa shape index (κ2) is 5.27. The number of hydrogen-bond acceptors (Lipinski definition) is 3. The fourth-order valence-electron chi connectivity index (χ4n) is 2.04. The summed E-state index contributed by atoms with van der Waals surface area (Å²) in [5, 5.41) is 0. The molecule has 0 fully saturated rings. The minimum atomic E-state index is 0.134. The Balaban J connectivity index is 2.45. The molecule has 0 radical (unpaired) electrons. The van der Waals surface area contributed by atoms with E-state index in [1.807, 2.05) is 13.0 Å². The Bertz CT molecular complexity index is 418. The van der Waals surface area contributed by atoms with Crippen molar-refractivity contribution in [2.45, 2.75) is 32.7 Å². The molecule has 17 heavy (non-hydrogen) atoms. The van der Waals surface area contributed by atoms with Crippen molar-refractivity contribution in [2.24, 2.45) is 5.73 Å². The second-order valence-electron chi connectivity index (χ2n) is 4.52. The number of fused-ring (bicyclic) bond motifs is 1. The molecule has 4 heteroatoms. The van der Waals surface area contributed by atoms with Crippen LogP contribution in [-0.2, 0) is 6.42 Å². The molecule has 94 valence electrons. The first-order valence-corrected chi connectivity index (χ1v) is 6.72. The van der Waals surface area contributed by atoms with Crippen LogP contribution in [0.3, 0.4) is 0 Å². The van der Waals surface area contributed by atoms with Crippen LogP contribution in [-0.4, -0.2) is 19.3 Å². The van der Waals surface area contributed by atoms with E-state index in [2.05, 4.69) is 22.9 Å². The summed E-state index contributed by atoms with van der Waals surface area (Å²) in [5.74, 6) is 1.71. The van der Waals surface area contributed by atoms with Crippen LogP contribution in [0.25, 0.3) is 0 Å². The van der Waals surface area contributed by atoms with Gasteiger partial charge in [-0.2, -0.15) is 0 Å². The van der Waals surface area contributed by atoms with Crippen molar-refractivity contribution < 1.29 is 9.47 Å². The lowest BCUT2D eigenvalue weighted by molar-refractivity contribution is 0.296. The van der Waals surface area contributed by atoms with Gasteiger partial charge in [0.1, 0.15) is 0 Å². The van der Waals surface area contributed by atoms with Crippen LogP contribution in [0.15, 0.2) is 10.5 Å². The topological polar surface area (TPSA) is 44.5 Å². The number of hydrogen-bond donors (Lipinski definition) is 1. The summed E-state index contributed by atoms with van der Waals surface area (Å²) in [5.41, 5.74) is 8.22. The minimum absolute atomic E-state index is 0.134. The summed E-state index contributed by atoms with van der Waals surface area (Å²) in [4.78, 5) is 0. The molecule has 1 unspecified atom stereocenters. The summed E-state index contributed by atoms with van der Waals surface area (Å²) >= 11 is 3.59. The minimum Gasteiger partial charge on any atom is -0.490 e. The molecule has 1 aliphatic rings. The van der Waals surface area contributed by atoms with Crippen LogP contribution in [0.2, 0.25) is 0 Å². The van der Waals surface area contributed by atoms with Gasteiger partial charge in [0, 0.05) is 16.9 Å². The van der Waals surface area contributed by atoms with Crippen molar-refractivity contribution in [2.75, 3.05) is 13.2 Å². The van der Waals surface area contributed by atoms with Crippen molar-refractivity contribution in [1.29, 1.82) is 0 Å². The van der Waals surface area contributed by atoms with E-state index in [4.69, 9.17) is 15.2 Å². The lowest BCUT2D eigenvalue weighted by Gasteiger charge is -2.17. The maximum absolute atomic E-state index is 5.88. The maximum Gasteiger partial charge on any atom is 0.164 e. The summed E-state index contributed by atoms with van der Waals surface area (Å²) in [6.07, 6.45) is 1.76. The lowest BCUT2D eigenvalue weighted by Crippen LogP contribution is -2.19. The zero-order valence-electron chi connectivity index (χ0n) is 10.3. The first-order chi connectivity index (χ1) is 8.09. The average Bonchev–Trinajstić information content (AvgIpc) is 2.49. The van der Waals surface area contributed by atoms with E-state index in [-0.39, 0.29) is 6.04 Å². The molecule has 3 nitrogen and oxygen atoms in total. The lowest BCUT2D eigenvalue weighted by atomic mass is 10.0. The maximum atomic E-state index is 5.88. The number of nitrogens with two attached hydrogens (primary N) is 1. The third-order valence-corrected chi connectivity index (χ3v) is 3.59. The molecule has 2 rings (SSSR count). The Kier molecular flexibility index (Phi) is 3.94. The highest BCUT2D eigenvalue weighted by molar-refractivity contribution is 9.10. The van der Waals surface area contributed by atoms with Crippen LogP contribution < -0.4 is 15.2 Å². The SMILES string of the molecule is Cc1c(CC(C)N)c(Br)cc2c1OCCCO2. The number of rotatable bonds is 2. The Morgan fingerprint density at radius 2 is 2.12 bits per heavy atom. The smallest absolute Gasteiger partial charge is 0.164 e. The highest BCUT2D eigenvalue weighted by atomic mass is 79.9. The molecule has 0 aliphatic carbocycles. The molecular formula is C13H18BrNO2. The molecule has 0 spiro atoms. The van der Waals surface area contributed by atoms with Crippen LogP contribution in [0, 0.1) is 6.92 Å². The Morgan fingerprint density at radius 3 is 2.82 bits per heavy atom. The predicted molar refractivity (Wildman–Crippen MR) is 71.8 cm³/mol. The molecule has 0 amide bonds. The van der Waals surface area contributed by atoms with Gasteiger partial charge in [-0.3, -0.25) is 0 Å². The van der Waals surface area contributed by atoms with Gasteiger partial charge < -0.3 is 15.2 Å². The summed E-state index contributed by atoms with van der Waals surface area (Å²) in [6.45, 7) is 5.50. The van der Waals surface area contributed by atoms with Crippen LogP contribution >= 0.6 is 15.9 Å². The number of halogens is 1. The van der Waals surface area contributed by atoms with Crippen molar-refractivity contribution >= 4 is 15.9 Å². The van der Waals surface area contributed by atoms with E-state index in [0.717, 1.165) is 34.4 Å². The van der Waals surface area contributed by atoms with Crippen molar-refractivity contribution in [3.8, 4) is 11.5 Å². The molecule has 1 aromatic rings. The Morgan fingerprint density at radius 1 is 1.41 bits per heavy atom. The summed E-state index contributed by atoms with van der Waals surface area (Å²) < 4.78 is 12.5. The van der Waals surface area contributed by atoms with E-state index in [9.17, 15) is 0 Å². The van der Waals surface area contributed by atoms with E-state index >= 15 is 0 Å². The van der Waals surface area contributed by atoms with Gasteiger partial charge in [-0.25, -0.2) is 0 Å². The average molecular weight is 300 g/mol. The van der Waals surface area contributed by atoms with Gasteiger partial charge in [-0.15, -0.1) is 0 Å². The molecule has 1 aliphatic heterocycles. The molecule has 0 saturated heterocycles. The van der Waals surface area contributed by atoms with E-state index < -0.39 is 0 Å². The Hall–Kier alpha value is -0.740. The van der Waals surface area contributed by atoms with E-state index in [0.29, 0.717) is 13.2 Å². The standard InChI is InChI=1S/C13H18BrNO2/c1-8(15)6-10-9(2)13-12(7-11(10)14)16-4-3-5-17-13/h7-8H,3-6,15H2,1-2H3. The molecule has 2 N–H and O–H groups in total. The fourth-order valence-corrected chi connectivity index (χ4v) is 2.71. The van der Waals surface area contributed by atoms with Gasteiger partial charge in [-0.1, -0.05) is 15.9 Å². The third kappa shape index (κ3) is 2.75. The van der Waals surface area contributed by atoms with Gasteiger partial charge in [0.25, 0.3) is 0 Å². The fraction of sp³-hybridized carbons (Fsp3) is 0.538. The zero-order chi connectivity index (χ0) is 12.4. The monoisotopic (exact) mass is 299 g/mol. The normalized spacial score (nSPS) is 16.5. The summed E-state index contributed by atoms with van der Waals surface area (Å²) in [6, 6.07) is 2.13. The van der Waals surface area contributed by atoms with Crippen LogP contribution in [0.1, 0.15) is 24.5 Å². The third-order valence-electron chi connectivity index (χ3n) is 2.88. The first-order valence-electron chi connectivity index (χ1n) is 5.92. The molecule has 0 saturated carbocycles. The Labute approximate surface area is 110 Å². The van der Waals surface area contributed by atoms with Crippen molar-refractivity contribution in [3.05, 3.63) is 21.7 Å². The number of ether oxygens (including phenoxy) is 2. The molecule has 1 atom stereocenters. The number of benzene rings is 1. The molecule has 0 bridgehead atoms. The van der Waals surface area contributed by atoms with Gasteiger partial charge in [-0.05, 0) is 37.5 Å². The molecule has 0 aromatic heterocycles. The second-order valence-corrected chi connectivity index (χ2v) is 5.38. The zero-order valence-corrected chi connectivity index (χ0v) is 11.8. The molecular weight excluding hydrogens is 282 g/mol. The highest BCUT2D eigenvalue weighted by Gasteiger charge is 2.19. The quantitative estimate of drug-likeness (QED) is 0.913. The molecule has 1 aromatic carbocycles. The largest absolute Gasteiger partial charge is 0.490 e. The van der Waals surface area contributed by atoms with Gasteiger partial charge in [0.15, 0.2) is 11.5 Å². The van der Waals surface area contributed by atoms with Crippen LogP contribution in [0.5, 0.6) is 11.5 Å². The van der Waals surface area contributed by atoms with Crippen molar-refractivity contribution in [3.63, 3.8) is 0 Å². The van der Waals surface area contributed by atoms with Gasteiger partial charge in [0.05, 0.1) is 13.2 Å². The molecule has 1 heterocycles. The van der Waals surface area contributed by atoms with E-state index in [1.54, 1.807) is 0 Å². The predicted octanol–water partition coefficient (Wildman–Crippen LogP) is 2.81. The summed E-state index contributed by atoms with van der Waals surface area (Å²) in [7, 11) is 0. The van der Waals surface area contributed by atoms with Gasteiger partial charge >= 0.3 is 0 Å². The van der Waals surface area contributed by atoms with E-state index in [1.165, 1.54) is 5.56 Å². The highest BCUT2D eigenvalue weighted by Crippen LogP contribution is 2.39. The van der Waals surface area contributed by atoms with Crippen molar-refractivity contribution in [1.82, 2.24) is 0 Å². The van der Waals surface area contributed by atoms with Gasteiger partial charge in [0.2, 0.25) is 0 Å². The van der Waals surface area contributed by atoms with Crippen LogP contribution in [0.4, 0.5) is 0 Å². The first kappa shape index (κ1) is 12.7.